The smallest absolute Gasteiger partial charge is 0.338 e. The number of carbonyl (C=O) groups excluding carboxylic acids is 1. The van der Waals surface area contributed by atoms with Gasteiger partial charge in [0.05, 0.1) is 21.7 Å². The fraction of sp³-hybridized carbons (Fsp3) is 0.381. The van der Waals surface area contributed by atoms with Gasteiger partial charge in [-0.2, -0.15) is 13.2 Å². The van der Waals surface area contributed by atoms with Crippen molar-refractivity contribution >= 4 is 21.6 Å². The maximum Gasteiger partial charge on any atom is 0.416 e. The first-order valence-corrected chi connectivity index (χ1v) is 11.0. The maximum atomic E-state index is 13.1. The second kappa shape index (κ2) is 8.29. The largest absolute Gasteiger partial charge is 0.416 e. The normalized spacial score (nSPS) is 20.1. The molecule has 30 heavy (non-hydrogen) atoms. The summed E-state index contributed by atoms with van der Waals surface area (Å²) in [5.74, 6) is 0.342. The first-order valence-electron chi connectivity index (χ1n) is 9.56. The van der Waals surface area contributed by atoms with E-state index in [0.29, 0.717) is 31.0 Å². The number of likely N-dealkylation sites (tertiary alicyclic amines) is 1. The number of rotatable bonds is 4. The molecule has 1 aliphatic rings. The number of para-hydroxylation sites is 1. The predicted molar refractivity (Wildman–Crippen MR) is 108 cm³/mol. The number of piperidine rings is 1. The molecule has 1 amide bonds. The first kappa shape index (κ1) is 22.1. The van der Waals surface area contributed by atoms with Crippen LogP contribution in [0.2, 0.25) is 0 Å². The lowest BCUT2D eigenvalue weighted by molar-refractivity contribution is -0.137. The molecule has 2 aromatic rings. The standard InChI is InChI=1S/C21H23F3N2O3S/c1-14-10-15(2)13-26(12-14)20(27)18-8-3-4-9-19(18)25-30(28,29)17-7-5-6-16(11-17)21(22,23)24/h3-9,11,14-15,25H,10,12-13H2,1-2H3. The van der Waals surface area contributed by atoms with E-state index in [4.69, 9.17) is 0 Å². The number of anilines is 1. The lowest BCUT2D eigenvalue weighted by atomic mass is 9.91. The Kier molecular flexibility index (Phi) is 6.12. The van der Waals surface area contributed by atoms with Crippen LogP contribution < -0.4 is 4.72 Å². The Balaban J connectivity index is 1.90. The number of sulfonamides is 1. The van der Waals surface area contributed by atoms with Gasteiger partial charge in [0.25, 0.3) is 15.9 Å². The summed E-state index contributed by atoms with van der Waals surface area (Å²) in [6.45, 7) is 5.24. The van der Waals surface area contributed by atoms with Gasteiger partial charge in [0.2, 0.25) is 0 Å². The summed E-state index contributed by atoms with van der Waals surface area (Å²) in [4.78, 5) is 14.2. The van der Waals surface area contributed by atoms with Crippen molar-refractivity contribution in [3.63, 3.8) is 0 Å². The van der Waals surface area contributed by atoms with Crippen molar-refractivity contribution in [1.29, 1.82) is 0 Å². The SMILES string of the molecule is CC1CC(C)CN(C(=O)c2ccccc2NS(=O)(=O)c2cccc(C(F)(F)F)c2)C1. The van der Waals surface area contributed by atoms with Crippen LogP contribution >= 0.6 is 0 Å². The third kappa shape index (κ3) is 4.95. The number of hydrogen-bond acceptors (Lipinski definition) is 3. The maximum absolute atomic E-state index is 13.1. The fourth-order valence-corrected chi connectivity index (χ4v) is 4.93. The number of carbonyl (C=O) groups is 1. The van der Waals surface area contributed by atoms with E-state index in [9.17, 15) is 26.4 Å². The van der Waals surface area contributed by atoms with E-state index in [2.05, 4.69) is 18.6 Å². The first-order chi connectivity index (χ1) is 14.0. The molecular formula is C21H23F3N2O3S. The van der Waals surface area contributed by atoms with Crippen molar-refractivity contribution < 1.29 is 26.4 Å². The molecule has 1 aliphatic heterocycles. The number of nitrogens with zero attached hydrogens (tertiary/aromatic N) is 1. The molecule has 5 nitrogen and oxygen atoms in total. The van der Waals surface area contributed by atoms with Gasteiger partial charge in [-0.15, -0.1) is 0 Å². The van der Waals surface area contributed by atoms with E-state index in [1.54, 1.807) is 17.0 Å². The molecule has 1 heterocycles. The van der Waals surface area contributed by atoms with Crippen LogP contribution in [0.1, 0.15) is 36.2 Å². The van der Waals surface area contributed by atoms with E-state index < -0.39 is 26.7 Å². The average Bonchev–Trinajstić information content (AvgIpc) is 2.66. The number of hydrogen-bond donors (Lipinski definition) is 1. The van der Waals surface area contributed by atoms with E-state index in [1.165, 1.54) is 12.1 Å². The van der Waals surface area contributed by atoms with Crippen LogP contribution in [0, 0.1) is 11.8 Å². The zero-order valence-corrected chi connectivity index (χ0v) is 17.4. The molecule has 0 aromatic heterocycles. The van der Waals surface area contributed by atoms with E-state index in [-0.39, 0.29) is 17.2 Å². The van der Waals surface area contributed by atoms with Gasteiger partial charge < -0.3 is 4.90 Å². The highest BCUT2D eigenvalue weighted by molar-refractivity contribution is 7.92. The number of halogens is 3. The van der Waals surface area contributed by atoms with Crippen LogP contribution in [0.5, 0.6) is 0 Å². The Morgan fingerprint density at radius 3 is 2.30 bits per heavy atom. The monoisotopic (exact) mass is 440 g/mol. The van der Waals surface area contributed by atoms with Crippen LogP contribution in [0.3, 0.4) is 0 Å². The minimum Gasteiger partial charge on any atom is -0.338 e. The quantitative estimate of drug-likeness (QED) is 0.754. The summed E-state index contributed by atoms with van der Waals surface area (Å²) in [6, 6.07) is 9.59. The van der Waals surface area contributed by atoms with E-state index >= 15 is 0 Å². The number of alkyl halides is 3. The Hall–Kier alpha value is -2.55. The highest BCUT2D eigenvalue weighted by Crippen LogP contribution is 2.31. The molecule has 0 radical (unpaired) electrons. The molecule has 1 saturated heterocycles. The summed E-state index contributed by atoms with van der Waals surface area (Å²) in [6.07, 6.45) is -3.66. The van der Waals surface area contributed by atoms with Gasteiger partial charge in [-0.05, 0) is 48.6 Å². The topological polar surface area (TPSA) is 66.5 Å². The molecule has 0 spiro atoms. The number of amides is 1. The van der Waals surface area contributed by atoms with Gasteiger partial charge in [0.15, 0.2) is 0 Å². The Morgan fingerprint density at radius 1 is 1.03 bits per heavy atom. The Labute approximate surface area is 173 Å². The average molecular weight is 440 g/mol. The van der Waals surface area contributed by atoms with Crippen LogP contribution in [0.25, 0.3) is 0 Å². The Morgan fingerprint density at radius 2 is 1.67 bits per heavy atom. The van der Waals surface area contributed by atoms with Crippen molar-refractivity contribution in [3.05, 3.63) is 59.7 Å². The third-order valence-corrected chi connectivity index (χ3v) is 6.39. The van der Waals surface area contributed by atoms with E-state index in [0.717, 1.165) is 24.6 Å². The zero-order valence-electron chi connectivity index (χ0n) is 16.6. The summed E-state index contributed by atoms with van der Waals surface area (Å²) in [7, 11) is -4.33. The van der Waals surface area contributed by atoms with Gasteiger partial charge in [-0.1, -0.05) is 32.0 Å². The second-order valence-corrected chi connectivity index (χ2v) is 9.52. The molecule has 9 heteroatoms. The minimum absolute atomic E-state index is 0.0331. The molecule has 2 atom stereocenters. The lowest BCUT2D eigenvalue weighted by Gasteiger charge is -2.35. The molecule has 0 bridgehead atoms. The zero-order chi connectivity index (χ0) is 22.1. The third-order valence-electron chi connectivity index (χ3n) is 5.03. The van der Waals surface area contributed by atoms with Crippen LogP contribution in [-0.4, -0.2) is 32.3 Å². The van der Waals surface area contributed by atoms with Gasteiger partial charge in [0, 0.05) is 13.1 Å². The highest BCUT2D eigenvalue weighted by Gasteiger charge is 2.32. The Bertz CT molecular complexity index is 1030. The molecule has 0 aliphatic carbocycles. The van der Waals surface area contributed by atoms with Crippen molar-refractivity contribution in [1.82, 2.24) is 4.90 Å². The summed E-state index contributed by atoms with van der Waals surface area (Å²) >= 11 is 0. The van der Waals surface area contributed by atoms with Gasteiger partial charge in [-0.3, -0.25) is 9.52 Å². The van der Waals surface area contributed by atoms with Crippen molar-refractivity contribution in [3.8, 4) is 0 Å². The molecule has 3 rings (SSSR count). The predicted octanol–water partition coefficient (Wildman–Crippen LogP) is 4.62. The van der Waals surface area contributed by atoms with Gasteiger partial charge >= 0.3 is 6.18 Å². The molecule has 162 valence electrons. The molecular weight excluding hydrogens is 417 g/mol. The minimum atomic E-state index is -4.67. The van der Waals surface area contributed by atoms with Crippen molar-refractivity contribution in [2.24, 2.45) is 11.8 Å². The molecule has 2 aromatic carbocycles. The van der Waals surface area contributed by atoms with Crippen LogP contribution in [0.15, 0.2) is 53.4 Å². The second-order valence-electron chi connectivity index (χ2n) is 7.83. The number of benzene rings is 2. The molecule has 1 N–H and O–H groups in total. The fourth-order valence-electron chi connectivity index (χ4n) is 3.80. The highest BCUT2D eigenvalue weighted by atomic mass is 32.2. The molecule has 1 fully saturated rings. The van der Waals surface area contributed by atoms with Crippen LogP contribution in [-0.2, 0) is 16.2 Å². The van der Waals surface area contributed by atoms with Gasteiger partial charge in [0.1, 0.15) is 0 Å². The lowest BCUT2D eigenvalue weighted by Crippen LogP contribution is -2.42. The van der Waals surface area contributed by atoms with Crippen molar-refractivity contribution in [2.45, 2.75) is 31.3 Å². The van der Waals surface area contributed by atoms with Crippen molar-refractivity contribution in [2.75, 3.05) is 17.8 Å². The van der Waals surface area contributed by atoms with Crippen LogP contribution in [0.4, 0.5) is 18.9 Å². The van der Waals surface area contributed by atoms with E-state index in [1.807, 2.05) is 0 Å². The van der Waals surface area contributed by atoms with Gasteiger partial charge in [-0.25, -0.2) is 8.42 Å². The molecule has 0 saturated carbocycles. The summed E-state index contributed by atoms with van der Waals surface area (Å²) in [5, 5.41) is 0. The number of nitrogens with one attached hydrogen (secondary N) is 1. The summed E-state index contributed by atoms with van der Waals surface area (Å²) < 4.78 is 66.6. The molecule has 2 unspecified atom stereocenters. The summed E-state index contributed by atoms with van der Waals surface area (Å²) in [5.41, 5.74) is -0.869.